The summed E-state index contributed by atoms with van der Waals surface area (Å²) in [6.45, 7) is 5.14. The summed E-state index contributed by atoms with van der Waals surface area (Å²) in [4.78, 5) is 24.9. The number of carbonyl (C=O) groups is 1. The van der Waals surface area contributed by atoms with Gasteiger partial charge in [-0.05, 0) is 48.0 Å². The van der Waals surface area contributed by atoms with Crippen molar-refractivity contribution < 1.29 is 45.0 Å². The Balaban J connectivity index is 0.000000657. The van der Waals surface area contributed by atoms with Crippen LogP contribution in [0.25, 0.3) is 11.3 Å². The molecule has 15 heteroatoms. The van der Waals surface area contributed by atoms with Gasteiger partial charge in [0.2, 0.25) is 5.95 Å². The summed E-state index contributed by atoms with van der Waals surface area (Å²) in [6.07, 6.45) is -8.79. The number of aromatic nitrogens is 2. The van der Waals surface area contributed by atoms with E-state index in [1.54, 1.807) is 0 Å². The van der Waals surface area contributed by atoms with Gasteiger partial charge in [-0.3, -0.25) is 4.79 Å². The molecule has 0 atom stereocenters. The van der Waals surface area contributed by atoms with E-state index in [4.69, 9.17) is 9.47 Å². The molecule has 0 bridgehead atoms. The van der Waals surface area contributed by atoms with E-state index < -0.39 is 41.7 Å². The molecule has 3 heterocycles. The number of halogens is 7. The highest BCUT2D eigenvalue weighted by Crippen LogP contribution is 2.36. The summed E-state index contributed by atoms with van der Waals surface area (Å²) in [5.74, 6) is -0.977. The number of benzene rings is 2. The van der Waals surface area contributed by atoms with E-state index in [1.807, 2.05) is 4.90 Å². The molecule has 238 valence electrons. The van der Waals surface area contributed by atoms with Crippen LogP contribution in [0.3, 0.4) is 0 Å². The van der Waals surface area contributed by atoms with Crippen LogP contribution in [0.4, 0.5) is 36.7 Å². The Bertz CT molecular complexity index is 1360. The molecule has 0 unspecified atom stereocenters. The Morgan fingerprint density at radius 2 is 1.48 bits per heavy atom. The Morgan fingerprint density at radius 1 is 0.909 bits per heavy atom. The van der Waals surface area contributed by atoms with Crippen LogP contribution in [0.1, 0.15) is 27.0 Å². The summed E-state index contributed by atoms with van der Waals surface area (Å²) >= 11 is 0. The normalized spacial score (nSPS) is 15.8. The highest BCUT2D eigenvalue weighted by molar-refractivity contribution is 5.99. The lowest BCUT2D eigenvalue weighted by molar-refractivity contribution is -0.143. The van der Waals surface area contributed by atoms with Gasteiger partial charge in [0, 0.05) is 51.5 Å². The summed E-state index contributed by atoms with van der Waals surface area (Å²) in [5, 5.41) is 3.16. The van der Waals surface area contributed by atoms with Crippen LogP contribution in [0.15, 0.2) is 48.7 Å². The second kappa shape index (κ2) is 14.3. The van der Waals surface area contributed by atoms with E-state index in [2.05, 4.69) is 15.3 Å². The van der Waals surface area contributed by atoms with E-state index in [1.165, 1.54) is 37.5 Å². The van der Waals surface area contributed by atoms with Crippen molar-refractivity contribution in [1.29, 1.82) is 0 Å². The summed E-state index contributed by atoms with van der Waals surface area (Å²) in [6, 6.07) is 6.31. The number of carbonyl (C=O) groups excluding carboxylic acids is 1. The molecule has 1 amide bonds. The number of nitrogens with zero attached hydrogens (tertiary/aromatic N) is 4. The standard InChI is InChI=1S/C25H21F7N4O2.C4H9NO/c1-35(14-15-10-17(24(27,28)29)12-18(11-15)25(30,31)32)22(37)20-13-33-23(36-6-8-38-9-7-36)34-21(20)16-2-4-19(26)5-3-16;1-3-6-4-2-5-1/h2-5,10-13H,6-9,14H2,1H3;5H,1-4H2. The molecule has 5 rings (SSSR count). The van der Waals surface area contributed by atoms with Crippen LogP contribution in [0.5, 0.6) is 0 Å². The molecule has 1 aromatic heterocycles. The van der Waals surface area contributed by atoms with Gasteiger partial charge in [0.05, 0.1) is 48.8 Å². The minimum atomic E-state index is -5.02. The maximum absolute atomic E-state index is 13.5. The fraction of sp³-hybridized carbons (Fsp3) is 0.414. The summed E-state index contributed by atoms with van der Waals surface area (Å²) < 4.78 is 103. The van der Waals surface area contributed by atoms with Gasteiger partial charge >= 0.3 is 12.4 Å². The van der Waals surface area contributed by atoms with Crippen molar-refractivity contribution in [1.82, 2.24) is 20.2 Å². The van der Waals surface area contributed by atoms with Crippen molar-refractivity contribution in [2.24, 2.45) is 0 Å². The molecule has 0 aliphatic carbocycles. The van der Waals surface area contributed by atoms with Gasteiger partial charge in [0.15, 0.2) is 0 Å². The predicted molar refractivity (Wildman–Crippen MR) is 146 cm³/mol. The zero-order chi connectivity index (χ0) is 31.9. The number of hydrogen-bond donors (Lipinski definition) is 1. The molecule has 1 N–H and O–H groups in total. The third-order valence-electron chi connectivity index (χ3n) is 6.68. The topological polar surface area (TPSA) is 79.8 Å². The lowest BCUT2D eigenvalue weighted by atomic mass is 10.0. The van der Waals surface area contributed by atoms with Crippen molar-refractivity contribution in [3.63, 3.8) is 0 Å². The lowest BCUT2D eigenvalue weighted by Crippen LogP contribution is -2.37. The first-order chi connectivity index (χ1) is 20.8. The molecular formula is C29H30F7N5O3. The van der Waals surface area contributed by atoms with Crippen LogP contribution in [-0.4, -0.2) is 80.4 Å². The largest absolute Gasteiger partial charge is 0.416 e. The molecule has 8 nitrogen and oxygen atoms in total. The van der Waals surface area contributed by atoms with Crippen molar-refractivity contribution in [3.05, 3.63) is 76.7 Å². The third-order valence-corrected chi connectivity index (χ3v) is 6.68. The molecule has 2 aromatic carbocycles. The van der Waals surface area contributed by atoms with Gasteiger partial charge < -0.3 is 24.6 Å². The molecule has 2 aliphatic rings. The molecule has 2 aliphatic heterocycles. The molecule has 2 fully saturated rings. The van der Waals surface area contributed by atoms with Crippen molar-refractivity contribution in [2.75, 3.05) is 64.6 Å². The molecule has 2 saturated heterocycles. The zero-order valence-electron chi connectivity index (χ0n) is 23.6. The number of amides is 1. The number of hydrogen-bond acceptors (Lipinski definition) is 7. The summed E-state index contributed by atoms with van der Waals surface area (Å²) in [7, 11) is 1.24. The molecule has 0 radical (unpaired) electrons. The number of morpholine rings is 2. The van der Waals surface area contributed by atoms with Crippen LogP contribution in [0, 0.1) is 5.82 Å². The first-order valence-electron chi connectivity index (χ1n) is 13.6. The maximum Gasteiger partial charge on any atom is 0.416 e. The molecule has 0 spiro atoms. The van der Waals surface area contributed by atoms with E-state index in [0.717, 1.165) is 31.2 Å². The number of alkyl halides is 6. The number of ether oxygens (including phenoxy) is 2. The number of anilines is 1. The average Bonchev–Trinajstić information content (AvgIpc) is 3.01. The first-order valence-corrected chi connectivity index (χ1v) is 13.6. The Morgan fingerprint density at radius 3 is 1.98 bits per heavy atom. The van der Waals surface area contributed by atoms with Crippen LogP contribution in [0.2, 0.25) is 0 Å². The number of nitrogens with one attached hydrogen (secondary N) is 1. The number of rotatable bonds is 5. The van der Waals surface area contributed by atoms with Gasteiger partial charge in [-0.25, -0.2) is 14.4 Å². The van der Waals surface area contributed by atoms with Crippen LogP contribution >= 0.6 is 0 Å². The van der Waals surface area contributed by atoms with E-state index in [9.17, 15) is 35.5 Å². The van der Waals surface area contributed by atoms with Gasteiger partial charge in [-0.2, -0.15) is 26.3 Å². The predicted octanol–water partition coefficient (Wildman–Crippen LogP) is 5.04. The van der Waals surface area contributed by atoms with Gasteiger partial charge in [0.1, 0.15) is 5.82 Å². The molecule has 3 aromatic rings. The quantitative estimate of drug-likeness (QED) is 0.397. The zero-order valence-corrected chi connectivity index (χ0v) is 23.6. The van der Waals surface area contributed by atoms with E-state index >= 15 is 0 Å². The van der Waals surface area contributed by atoms with Gasteiger partial charge in [-0.15, -0.1) is 0 Å². The summed E-state index contributed by atoms with van der Waals surface area (Å²) in [5.41, 5.74) is -2.87. The van der Waals surface area contributed by atoms with Crippen molar-refractivity contribution >= 4 is 11.9 Å². The van der Waals surface area contributed by atoms with Crippen molar-refractivity contribution in [2.45, 2.75) is 18.9 Å². The lowest BCUT2D eigenvalue weighted by Gasteiger charge is -2.27. The minimum Gasteiger partial charge on any atom is -0.379 e. The van der Waals surface area contributed by atoms with E-state index in [0.29, 0.717) is 49.9 Å². The SMILES string of the molecule is C1COCCN1.CN(Cc1cc(C(F)(F)F)cc(C(F)(F)F)c1)C(=O)c1cnc(N2CCOCC2)nc1-c1ccc(F)cc1. The molecular weight excluding hydrogens is 599 g/mol. The third kappa shape index (κ3) is 8.86. The first kappa shape index (κ1) is 33.1. The second-order valence-corrected chi connectivity index (χ2v) is 9.98. The Labute approximate surface area is 248 Å². The Hall–Kier alpha value is -3.82. The van der Waals surface area contributed by atoms with Gasteiger partial charge in [0.25, 0.3) is 5.91 Å². The second-order valence-electron chi connectivity index (χ2n) is 9.98. The van der Waals surface area contributed by atoms with Crippen LogP contribution in [-0.2, 0) is 28.4 Å². The van der Waals surface area contributed by atoms with Gasteiger partial charge in [-0.1, -0.05) is 0 Å². The fourth-order valence-electron chi connectivity index (χ4n) is 4.45. The highest BCUT2D eigenvalue weighted by atomic mass is 19.4. The molecule has 0 saturated carbocycles. The maximum atomic E-state index is 13.5. The fourth-order valence-corrected chi connectivity index (χ4v) is 4.45. The molecule has 44 heavy (non-hydrogen) atoms. The monoisotopic (exact) mass is 629 g/mol. The van der Waals surface area contributed by atoms with Crippen molar-refractivity contribution in [3.8, 4) is 11.3 Å². The minimum absolute atomic E-state index is 0.0240. The Kier molecular flexibility index (Phi) is 10.8. The smallest absolute Gasteiger partial charge is 0.379 e. The van der Waals surface area contributed by atoms with E-state index in [-0.39, 0.29) is 22.9 Å². The highest BCUT2D eigenvalue weighted by Gasteiger charge is 2.37. The van der Waals surface area contributed by atoms with Crippen LogP contribution < -0.4 is 10.2 Å². The average molecular weight is 630 g/mol.